The summed E-state index contributed by atoms with van der Waals surface area (Å²) >= 11 is 2.58. The molecule has 0 bridgehead atoms. The van der Waals surface area contributed by atoms with E-state index in [9.17, 15) is 14.4 Å². The number of imide groups is 1. The number of aromatic nitrogens is 3. The van der Waals surface area contributed by atoms with Crippen molar-refractivity contribution < 1.29 is 9.59 Å². The number of aryl methyl sites for hydroxylation is 3. The Morgan fingerprint density at radius 2 is 2.14 bits per heavy atom. The van der Waals surface area contributed by atoms with Crippen LogP contribution < -0.4 is 10.9 Å². The summed E-state index contributed by atoms with van der Waals surface area (Å²) in [4.78, 5) is 43.5. The summed E-state index contributed by atoms with van der Waals surface area (Å²) in [6.07, 6.45) is 3.35. The Balaban J connectivity index is 1.81. The molecule has 0 saturated heterocycles. The highest BCUT2D eigenvalue weighted by Gasteiger charge is 2.18. The molecule has 28 heavy (non-hydrogen) atoms. The van der Waals surface area contributed by atoms with Crippen LogP contribution in [0.3, 0.4) is 0 Å². The minimum Gasteiger partial charge on any atom is -0.347 e. The van der Waals surface area contributed by atoms with Crippen molar-refractivity contribution in [2.75, 3.05) is 5.75 Å². The number of thiophene rings is 1. The average molecular weight is 417 g/mol. The van der Waals surface area contributed by atoms with Gasteiger partial charge >= 0.3 is 0 Å². The van der Waals surface area contributed by atoms with Crippen LogP contribution in [0.5, 0.6) is 0 Å². The topological polar surface area (TPSA) is 86.0 Å². The van der Waals surface area contributed by atoms with Crippen molar-refractivity contribution in [1.82, 2.24) is 19.4 Å². The van der Waals surface area contributed by atoms with Crippen molar-refractivity contribution in [3.63, 3.8) is 0 Å². The highest BCUT2D eigenvalue weighted by molar-refractivity contribution is 7.99. The van der Waals surface area contributed by atoms with Crippen LogP contribution >= 0.6 is 23.1 Å². The molecule has 3 rings (SSSR count). The molecule has 0 aliphatic carbocycles. The van der Waals surface area contributed by atoms with Gasteiger partial charge in [0, 0.05) is 24.7 Å². The molecular weight excluding hydrogens is 396 g/mol. The molecule has 0 saturated carbocycles. The lowest BCUT2D eigenvalue weighted by molar-refractivity contribution is -0.117. The zero-order valence-corrected chi connectivity index (χ0v) is 17.4. The fourth-order valence-corrected chi connectivity index (χ4v) is 4.64. The van der Waals surface area contributed by atoms with Gasteiger partial charge in [-0.2, -0.15) is 0 Å². The van der Waals surface area contributed by atoms with E-state index in [1.807, 2.05) is 13.8 Å². The number of fused-ring (bicyclic) bond motifs is 1. The van der Waals surface area contributed by atoms with Gasteiger partial charge in [0.2, 0.25) is 5.91 Å². The van der Waals surface area contributed by atoms with Gasteiger partial charge in [0.1, 0.15) is 10.5 Å². The van der Waals surface area contributed by atoms with Gasteiger partial charge in [-0.1, -0.05) is 17.8 Å². The van der Waals surface area contributed by atoms with E-state index in [1.165, 1.54) is 15.9 Å². The number of amides is 2. The van der Waals surface area contributed by atoms with Gasteiger partial charge in [-0.15, -0.1) is 17.9 Å². The molecule has 3 aromatic rings. The molecule has 9 heteroatoms. The Morgan fingerprint density at radius 1 is 1.39 bits per heavy atom. The molecule has 0 aliphatic heterocycles. The van der Waals surface area contributed by atoms with Gasteiger partial charge in [-0.05, 0) is 31.5 Å². The van der Waals surface area contributed by atoms with Crippen LogP contribution in [0.4, 0.5) is 0 Å². The maximum Gasteiger partial charge on any atom is 0.274 e. The predicted molar refractivity (Wildman–Crippen MR) is 112 cm³/mol. The Morgan fingerprint density at radius 3 is 2.79 bits per heavy atom. The quantitative estimate of drug-likeness (QED) is 0.379. The van der Waals surface area contributed by atoms with E-state index < -0.39 is 11.8 Å². The molecule has 7 nitrogen and oxygen atoms in total. The van der Waals surface area contributed by atoms with Crippen LogP contribution in [-0.2, 0) is 18.4 Å². The number of nitrogens with one attached hydrogen (secondary N) is 1. The Bertz CT molecular complexity index is 1140. The smallest absolute Gasteiger partial charge is 0.274 e. The molecule has 146 valence electrons. The Hall–Kier alpha value is -2.65. The lowest BCUT2D eigenvalue weighted by Crippen LogP contribution is -2.33. The molecule has 0 aliphatic rings. The summed E-state index contributed by atoms with van der Waals surface area (Å²) in [6, 6.07) is 3.36. The molecule has 0 atom stereocenters. The predicted octanol–water partition coefficient (Wildman–Crippen LogP) is 2.65. The fourth-order valence-electron chi connectivity index (χ4n) is 2.76. The van der Waals surface area contributed by atoms with E-state index >= 15 is 0 Å². The molecule has 0 fully saturated rings. The summed E-state index contributed by atoms with van der Waals surface area (Å²) in [7, 11) is 1.73. The standard InChI is InChI=1S/C19H20N4O3S2/c1-5-8-23-18(26)15-11(2)12(3)28-17(15)21-19(23)27-10-14(24)20-16(25)13-7-6-9-22(13)4/h5-7,9H,1,8,10H2,2-4H3,(H,20,24,25). The van der Waals surface area contributed by atoms with E-state index in [-0.39, 0.29) is 11.3 Å². The minimum atomic E-state index is -0.463. The second-order valence-corrected chi connectivity index (χ2v) is 8.38. The first-order chi connectivity index (χ1) is 13.3. The summed E-state index contributed by atoms with van der Waals surface area (Å²) in [5.74, 6) is -0.946. The number of allylic oxidation sites excluding steroid dienone is 1. The van der Waals surface area contributed by atoms with Crippen molar-refractivity contribution in [3.8, 4) is 0 Å². The maximum atomic E-state index is 12.9. The molecule has 3 heterocycles. The SMILES string of the molecule is C=CCn1c(SCC(=O)NC(=O)c2cccn2C)nc2sc(C)c(C)c2c1=O. The Kier molecular flexibility index (Phi) is 5.85. The maximum absolute atomic E-state index is 12.9. The molecule has 0 spiro atoms. The summed E-state index contributed by atoms with van der Waals surface area (Å²) in [5.41, 5.74) is 1.18. The summed E-state index contributed by atoms with van der Waals surface area (Å²) < 4.78 is 3.14. The first-order valence-corrected chi connectivity index (χ1v) is 10.3. The first-order valence-electron chi connectivity index (χ1n) is 8.53. The average Bonchev–Trinajstić information content (AvgIpc) is 3.19. The molecule has 0 unspecified atom stereocenters. The highest BCUT2D eigenvalue weighted by atomic mass is 32.2. The molecular formula is C19H20N4O3S2. The van der Waals surface area contributed by atoms with Gasteiger partial charge in [-0.3, -0.25) is 24.3 Å². The van der Waals surface area contributed by atoms with Gasteiger partial charge in [0.15, 0.2) is 5.16 Å². The monoisotopic (exact) mass is 416 g/mol. The van der Waals surface area contributed by atoms with E-state index in [4.69, 9.17) is 0 Å². The fraction of sp³-hybridized carbons (Fsp3) is 0.263. The Labute approximate surface area is 170 Å². The van der Waals surface area contributed by atoms with E-state index in [0.29, 0.717) is 27.6 Å². The van der Waals surface area contributed by atoms with Crippen LogP contribution in [0.2, 0.25) is 0 Å². The van der Waals surface area contributed by atoms with Crippen LogP contribution in [0, 0.1) is 13.8 Å². The number of hydrogen-bond donors (Lipinski definition) is 1. The zero-order valence-electron chi connectivity index (χ0n) is 15.8. The van der Waals surface area contributed by atoms with Crippen molar-refractivity contribution >= 4 is 45.1 Å². The van der Waals surface area contributed by atoms with E-state index in [2.05, 4.69) is 16.9 Å². The zero-order chi connectivity index (χ0) is 20.4. The number of thioether (sulfide) groups is 1. The van der Waals surface area contributed by atoms with Gasteiger partial charge in [0.25, 0.3) is 11.5 Å². The normalized spacial score (nSPS) is 11.0. The number of carbonyl (C=O) groups excluding carboxylic acids is 2. The number of nitrogens with zero attached hydrogens (tertiary/aromatic N) is 3. The van der Waals surface area contributed by atoms with E-state index in [1.54, 1.807) is 36.0 Å². The second kappa shape index (κ2) is 8.15. The third-order valence-corrected chi connectivity index (χ3v) is 6.40. The lowest BCUT2D eigenvalue weighted by Gasteiger charge is -2.10. The van der Waals surface area contributed by atoms with Gasteiger partial charge in [-0.25, -0.2) is 4.98 Å². The molecule has 3 aromatic heterocycles. The van der Waals surface area contributed by atoms with Crippen molar-refractivity contribution in [1.29, 1.82) is 0 Å². The number of rotatable bonds is 6. The highest BCUT2D eigenvalue weighted by Crippen LogP contribution is 2.28. The third-order valence-electron chi connectivity index (χ3n) is 4.33. The third kappa shape index (κ3) is 3.81. The van der Waals surface area contributed by atoms with Crippen LogP contribution in [-0.4, -0.2) is 31.7 Å². The minimum absolute atomic E-state index is 0.0331. The number of hydrogen-bond acceptors (Lipinski definition) is 6. The summed E-state index contributed by atoms with van der Waals surface area (Å²) in [6.45, 7) is 7.85. The largest absolute Gasteiger partial charge is 0.347 e. The van der Waals surface area contributed by atoms with Crippen molar-refractivity contribution in [3.05, 3.63) is 57.5 Å². The molecule has 0 radical (unpaired) electrons. The van der Waals surface area contributed by atoms with Crippen LogP contribution in [0.1, 0.15) is 20.9 Å². The lowest BCUT2D eigenvalue weighted by atomic mass is 10.2. The molecule has 0 aromatic carbocycles. The van der Waals surface area contributed by atoms with Gasteiger partial charge < -0.3 is 4.57 Å². The van der Waals surface area contributed by atoms with Crippen LogP contribution in [0.25, 0.3) is 10.2 Å². The second-order valence-electron chi connectivity index (χ2n) is 6.23. The van der Waals surface area contributed by atoms with E-state index in [0.717, 1.165) is 22.2 Å². The van der Waals surface area contributed by atoms with Crippen molar-refractivity contribution in [2.45, 2.75) is 25.5 Å². The summed E-state index contributed by atoms with van der Waals surface area (Å²) in [5, 5.41) is 3.40. The number of carbonyl (C=O) groups is 2. The van der Waals surface area contributed by atoms with Gasteiger partial charge in [0.05, 0.1) is 11.1 Å². The molecule has 2 amide bonds. The molecule has 1 N–H and O–H groups in total. The van der Waals surface area contributed by atoms with Crippen molar-refractivity contribution in [2.24, 2.45) is 7.05 Å². The van der Waals surface area contributed by atoms with Crippen LogP contribution in [0.15, 0.2) is 40.9 Å². The first kappa shape index (κ1) is 20.1.